The van der Waals surface area contributed by atoms with Gasteiger partial charge in [0.25, 0.3) is 0 Å². The molecule has 0 spiro atoms. The highest BCUT2D eigenvalue weighted by molar-refractivity contribution is 8.00. The van der Waals surface area contributed by atoms with Gasteiger partial charge in [-0.05, 0) is 24.6 Å². The Bertz CT molecular complexity index is 675. The lowest BCUT2D eigenvalue weighted by molar-refractivity contribution is 1.23. The number of aromatic nitrogens is 2. The van der Waals surface area contributed by atoms with E-state index in [4.69, 9.17) is 4.98 Å². The van der Waals surface area contributed by atoms with E-state index >= 15 is 0 Å². The molecule has 2 aromatic heterocycles. The van der Waals surface area contributed by atoms with Crippen molar-refractivity contribution in [1.29, 1.82) is 0 Å². The Morgan fingerprint density at radius 2 is 1.80 bits per heavy atom. The Labute approximate surface area is 126 Å². The minimum Gasteiger partial charge on any atom is -0.265 e. The minimum atomic E-state index is 0.934. The van der Waals surface area contributed by atoms with Gasteiger partial charge in [-0.3, -0.25) is 4.98 Å². The van der Waals surface area contributed by atoms with Crippen molar-refractivity contribution in [2.75, 3.05) is 0 Å². The largest absolute Gasteiger partial charge is 0.265 e. The van der Waals surface area contributed by atoms with Crippen molar-refractivity contribution < 1.29 is 0 Å². The highest BCUT2D eigenvalue weighted by Crippen LogP contribution is 2.30. The van der Waals surface area contributed by atoms with Gasteiger partial charge in [-0.15, -0.1) is 11.3 Å². The number of aryl methyl sites for hydroxylation is 1. The van der Waals surface area contributed by atoms with Gasteiger partial charge in [0.2, 0.25) is 0 Å². The summed E-state index contributed by atoms with van der Waals surface area (Å²) in [4.78, 5) is 8.72. The van der Waals surface area contributed by atoms with E-state index in [1.165, 1.54) is 16.7 Å². The van der Waals surface area contributed by atoms with Gasteiger partial charge in [-0.2, -0.15) is 0 Å². The van der Waals surface area contributed by atoms with Crippen LogP contribution in [0, 0.1) is 6.92 Å². The van der Waals surface area contributed by atoms with Gasteiger partial charge in [0.15, 0.2) is 4.34 Å². The Morgan fingerprint density at radius 1 is 1.05 bits per heavy atom. The van der Waals surface area contributed by atoms with Gasteiger partial charge in [-0.25, -0.2) is 4.98 Å². The number of hydrogen-bond acceptors (Lipinski definition) is 4. The summed E-state index contributed by atoms with van der Waals surface area (Å²) in [6.07, 6.45) is 3.66. The number of nitrogens with zero attached hydrogens (tertiary/aromatic N) is 2. The predicted molar refractivity (Wildman–Crippen MR) is 86.1 cm³/mol. The van der Waals surface area contributed by atoms with Crippen LogP contribution in [0.15, 0.2) is 58.5 Å². The molecule has 2 nitrogen and oxygen atoms in total. The molecule has 2 heterocycles. The highest BCUT2D eigenvalue weighted by atomic mass is 32.2. The predicted octanol–water partition coefficient (Wildman–Crippen LogP) is 4.81. The monoisotopic (exact) mass is 298 g/mol. The van der Waals surface area contributed by atoms with E-state index in [0.29, 0.717) is 0 Å². The van der Waals surface area contributed by atoms with E-state index in [0.717, 1.165) is 15.8 Å². The Hall–Kier alpha value is -1.65. The number of thiazole rings is 1. The van der Waals surface area contributed by atoms with Crippen molar-refractivity contribution in [3.63, 3.8) is 0 Å². The smallest absolute Gasteiger partial charge is 0.150 e. The molecule has 0 aliphatic rings. The molecule has 0 unspecified atom stereocenters. The van der Waals surface area contributed by atoms with Crippen molar-refractivity contribution in [2.45, 2.75) is 17.0 Å². The molecule has 0 N–H and O–H groups in total. The molecule has 0 saturated heterocycles. The van der Waals surface area contributed by atoms with Crippen LogP contribution in [0.25, 0.3) is 11.3 Å². The molecule has 0 atom stereocenters. The molecule has 100 valence electrons. The van der Waals surface area contributed by atoms with Crippen molar-refractivity contribution in [3.05, 3.63) is 65.3 Å². The molecule has 1 aromatic carbocycles. The maximum atomic E-state index is 4.69. The van der Waals surface area contributed by atoms with Crippen LogP contribution in [0.1, 0.15) is 11.1 Å². The topological polar surface area (TPSA) is 25.8 Å². The van der Waals surface area contributed by atoms with Crippen molar-refractivity contribution in [1.82, 2.24) is 9.97 Å². The van der Waals surface area contributed by atoms with E-state index in [1.807, 2.05) is 24.5 Å². The Kier molecular flexibility index (Phi) is 4.14. The normalized spacial score (nSPS) is 10.7. The molecular formula is C16H14N2S2. The van der Waals surface area contributed by atoms with Crippen LogP contribution in [0.3, 0.4) is 0 Å². The molecule has 0 aliphatic carbocycles. The third kappa shape index (κ3) is 3.26. The highest BCUT2D eigenvalue weighted by Gasteiger charge is 2.05. The van der Waals surface area contributed by atoms with Crippen molar-refractivity contribution >= 4 is 23.1 Å². The summed E-state index contributed by atoms with van der Waals surface area (Å²) in [5.41, 5.74) is 4.79. The van der Waals surface area contributed by atoms with Crippen LogP contribution in [0.4, 0.5) is 0 Å². The van der Waals surface area contributed by atoms with Crippen LogP contribution >= 0.6 is 23.1 Å². The number of thioether (sulfide) groups is 1. The summed E-state index contributed by atoms with van der Waals surface area (Å²) in [6, 6.07) is 12.6. The fourth-order valence-electron chi connectivity index (χ4n) is 1.80. The zero-order valence-electron chi connectivity index (χ0n) is 11.1. The molecule has 0 fully saturated rings. The lowest BCUT2D eigenvalue weighted by atomic mass is 10.1. The molecule has 0 saturated carbocycles. The van der Waals surface area contributed by atoms with Gasteiger partial charge >= 0.3 is 0 Å². The summed E-state index contributed by atoms with van der Waals surface area (Å²) in [5.74, 6) is 0.934. The van der Waals surface area contributed by atoms with Gasteiger partial charge < -0.3 is 0 Å². The van der Waals surface area contributed by atoms with E-state index in [1.54, 1.807) is 23.1 Å². The quantitative estimate of drug-likeness (QED) is 0.647. The summed E-state index contributed by atoms with van der Waals surface area (Å²) in [5, 5.41) is 2.12. The average molecular weight is 298 g/mol. The lowest BCUT2D eigenvalue weighted by Gasteiger charge is -1.98. The van der Waals surface area contributed by atoms with Gasteiger partial charge in [0.05, 0.1) is 5.69 Å². The average Bonchev–Trinajstić information content (AvgIpc) is 2.96. The van der Waals surface area contributed by atoms with Crippen LogP contribution in [-0.4, -0.2) is 9.97 Å². The second-order valence-electron chi connectivity index (χ2n) is 4.51. The first kappa shape index (κ1) is 13.3. The Morgan fingerprint density at radius 3 is 2.55 bits per heavy atom. The van der Waals surface area contributed by atoms with Gasteiger partial charge in [0, 0.05) is 29.1 Å². The number of pyridine rings is 1. The zero-order valence-corrected chi connectivity index (χ0v) is 12.7. The molecule has 0 aliphatic heterocycles. The van der Waals surface area contributed by atoms with Gasteiger partial charge in [0.1, 0.15) is 0 Å². The maximum Gasteiger partial charge on any atom is 0.150 e. The first-order valence-electron chi connectivity index (χ1n) is 6.35. The summed E-state index contributed by atoms with van der Waals surface area (Å²) in [7, 11) is 0. The molecular weight excluding hydrogens is 284 g/mol. The molecule has 0 bridgehead atoms. The van der Waals surface area contributed by atoms with E-state index in [-0.39, 0.29) is 0 Å². The first-order chi connectivity index (χ1) is 9.81. The maximum absolute atomic E-state index is 4.69. The second kappa shape index (κ2) is 6.20. The zero-order chi connectivity index (χ0) is 13.8. The Balaban J connectivity index is 1.69. The first-order valence-corrected chi connectivity index (χ1v) is 8.22. The molecule has 3 aromatic rings. The SMILES string of the molecule is Cc1ccc(-c2csc(SCc3ccncc3)n2)cc1. The molecule has 0 radical (unpaired) electrons. The third-order valence-corrected chi connectivity index (χ3v) is 5.03. The second-order valence-corrected chi connectivity index (χ2v) is 6.59. The van der Waals surface area contributed by atoms with Crippen LogP contribution in [0.2, 0.25) is 0 Å². The van der Waals surface area contributed by atoms with Crippen LogP contribution in [-0.2, 0) is 5.75 Å². The van der Waals surface area contributed by atoms with Crippen LogP contribution in [0.5, 0.6) is 0 Å². The van der Waals surface area contributed by atoms with Crippen molar-refractivity contribution in [3.8, 4) is 11.3 Å². The van der Waals surface area contributed by atoms with Crippen LogP contribution < -0.4 is 0 Å². The summed E-state index contributed by atoms with van der Waals surface area (Å²) < 4.78 is 1.11. The van der Waals surface area contributed by atoms with E-state index in [9.17, 15) is 0 Å². The third-order valence-electron chi connectivity index (χ3n) is 2.94. The number of rotatable bonds is 4. The fraction of sp³-hybridized carbons (Fsp3) is 0.125. The fourth-order valence-corrected chi connectivity index (χ4v) is 3.60. The van der Waals surface area contributed by atoms with E-state index < -0.39 is 0 Å². The summed E-state index contributed by atoms with van der Waals surface area (Å²) >= 11 is 3.48. The molecule has 4 heteroatoms. The molecule has 0 amide bonds. The number of hydrogen-bond donors (Lipinski definition) is 0. The lowest BCUT2D eigenvalue weighted by Crippen LogP contribution is -1.81. The number of benzene rings is 1. The van der Waals surface area contributed by atoms with Gasteiger partial charge in [-0.1, -0.05) is 41.6 Å². The molecule has 3 rings (SSSR count). The van der Waals surface area contributed by atoms with E-state index in [2.05, 4.69) is 41.6 Å². The molecule has 20 heavy (non-hydrogen) atoms. The minimum absolute atomic E-state index is 0.934. The standard InChI is InChI=1S/C16H14N2S2/c1-12-2-4-14(5-3-12)15-11-20-16(18-15)19-10-13-6-8-17-9-7-13/h2-9,11H,10H2,1H3. The summed E-state index contributed by atoms with van der Waals surface area (Å²) in [6.45, 7) is 2.10. The van der Waals surface area contributed by atoms with Crippen molar-refractivity contribution in [2.24, 2.45) is 0 Å².